The Morgan fingerprint density at radius 2 is 2.20 bits per heavy atom. The van der Waals surface area contributed by atoms with E-state index in [0.29, 0.717) is 6.54 Å². The van der Waals surface area contributed by atoms with Crippen LogP contribution in [0.25, 0.3) is 0 Å². The highest BCUT2D eigenvalue weighted by molar-refractivity contribution is 7.09. The number of nitrogens with zero attached hydrogens (tertiary/aromatic N) is 1. The summed E-state index contributed by atoms with van der Waals surface area (Å²) in [5.74, 6) is -2.10. The molecule has 20 heavy (non-hydrogen) atoms. The molecular weight excluding hydrogens is 284 g/mol. The normalized spacial score (nSPS) is 13.2. The molecule has 0 fully saturated rings. The number of carbonyl (C=O) groups is 3. The largest absolute Gasteiger partial charge is 0.480 e. The Balaban J connectivity index is 2.42. The zero-order chi connectivity index (χ0) is 15.1. The first-order valence-corrected chi connectivity index (χ1v) is 6.73. The minimum atomic E-state index is -1.33. The molecular formula is C11H16N4O4S. The van der Waals surface area contributed by atoms with Crippen LogP contribution in [0.5, 0.6) is 0 Å². The van der Waals surface area contributed by atoms with Gasteiger partial charge in [-0.3, -0.25) is 4.79 Å². The van der Waals surface area contributed by atoms with Crippen molar-refractivity contribution in [1.29, 1.82) is 0 Å². The number of primary amides is 1. The third kappa shape index (κ3) is 5.22. The molecule has 0 aliphatic carbocycles. The van der Waals surface area contributed by atoms with E-state index in [1.165, 1.54) is 11.3 Å². The minimum absolute atomic E-state index is 0.0140. The second-order valence-electron chi connectivity index (χ2n) is 4.19. The van der Waals surface area contributed by atoms with Gasteiger partial charge in [-0.2, -0.15) is 0 Å². The summed E-state index contributed by atoms with van der Waals surface area (Å²) in [6.07, 6.45) is 1.22. The molecule has 0 saturated heterocycles. The summed E-state index contributed by atoms with van der Waals surface area (Å²) in [5.41, 5.74) is 4.91. The van der Waals surface area contributed by atoms with Gasteiger partial charge in [0, 0.05) is 24.0 Å². The van der Waals surface area contributed by atoms with Gasteiger partial charge in [0.25, 0.3) is 0 Å². The van der Waals surface area contributed by atoms with Crippen molar-refractivity contribution >= 4 is 29.2 Å². The zero-order valence-electron chi connectivity index (χ0n) is 10.8. The molecule has 8 nitrogen and oxygen atoms in total. The van der Waals surface area contributed by atoms with Crippen molar-refractivity contribution < 1.29 is 19.5 Å². The second-order valence-corrected chi connectivity index (χ2v) is 5.11. The maximum atomic E-state index is 11.6. The minimum Gasteiger partial charge on any atom is -0.480 e. The van der Waals surface area contributed by atoms with E-state index in [2.05, 4.69) is 15.6 Å². The van der Waals surface area contributed by atoms with Crippen LogP contribution in [-0.4, -0.2) is 40.6 Å². The highest BCUT2D eigenvalue weighted by Gasteiger charge is 2.22. The molecule has 0 radical (unpaired) electrons. The van der Waals surface area contributed by atoms with Crippen molar-refractivity contribution in [3.8, 4) is 0 Å². The average molecular weight is 300 g/mol. The maximum Gasteiger partial charge on any atom is 0.326 e. The Labute approximate surface area is 119 Å². The van der Waals surface area contributed by atoms with Gasteiger partial charge < -0.3 is 21.5 Å². The van der Waals surface area contributed by atoms with Gasteiger partial charge in [-0.05, 0) is 0 Å². The number of urea groups is 1. The lowest BCUT2D eigenvalue weighted by molar-refractivity contribution is -0.140. The van der Waals surface area contributed by atoms with Crippen LogP contribution in [-0.2, 0) is 9.59 Å². The molecule has 0 aliphatic rings. The van der Waals surface area contributed by atoms with E-state index >= 15 is 0 Å². The second kappa shape index (κ2) is 7.43. The molecule has 2 atom stereocenters. The number of rotatable bonds is 7. The first-order valence-electron chi connectivity index (χ1n) is 5.85. The average Bonchev–Trinajstić information content (AvgIpc) is 2.88. The predicted molar refractivity (Wildman–Crippen MR) is 72.3 cm³/mol. The summed E-state index contributed by atoms with van der Waals surface area (Å²) in [6, 6.07) is -2.00. The van der Waals surface area contributed by atoms with E-state index in [-0.39, 0.29) is 5.92 Å². The number of carbonyl (C=O) groups excluding carboxylic acids is 2. The van der Waals surface area contributed by atoms with Crippen LogP contribution < -0.4 is 16.4 Å². The standard InChI is InChI=1S/C11H16N4O4S/c1-6(9-13-2-3-20-9)5-14-11(19)15-7(10(17)18)4-8(12)16/h2-3,6-7H,4-5H2,1H3,(H2,12,16)(H,17,18)(H2,14,15,19)/t6?,7-/m0/s1. The number of thiazole rings is 1. The predicted octanol–water partition coefficient (Wildman–Crippen LogP) is -0.126. The van der Waals surface area contributed by atoms with Gasteiger partial charge in [0.15, 0.2) is 0 Å². The van der Waals surface area contributed by atoms with E-state index < -0.39 is 30.4 Å². The molecule has 0 spiro atoms. The van der Waals surface area contributed by atoms with Gasteiger partial charge in [-0.15, -0.1) is 11.3 Å². The molecule has 1 heterocycles. The first-order chi connectivity index (χ1) is 9.40. The highest BCUT2D eigenvalue weighted by Crippen LogP contribution is 2.16. The van der Waals surface area contributed by atoms with Crippen LogP contribution in [0.15, 0.2) is 11.6 Å². The van der Waals surface area contributed by atoms with Crippen LogP contribution in [0.2, 0.25) is 0 Å². The van der Waals surface area contributed by atoms with Crippen LogP contribution in [0, 0.1) is 0 Å². The lowest BCUT2D eigenvalue weighted by atomic mass is 10.2. The number of aliphatic carboxylic acids is 1. The Morgan fingerprint density at radius 3 is 2.70 bits per heavy atom. The van der Waals surface area contributed by atoms with Crippen LogP contribution >= 0.6 is 11.3 Å². The SMILES string of the molecule is CC(CNC(=O)N[C@@H](CC(N)=O)C(=O)O)c1nccs1. The highest BCUT2D eigenvalue weighted by atomic mass is 32.1. The van der Waals surface area contributed by atoms with Crippen LogP contribution in [0.4, 0.5) is 4.79 Å². The number of amides is 3. The number of hydrogen-bond acceptors (Lipinski definition) is 5. The van der Waals surface area contributed by atoms with Gasteiger partial charge >= 0.3 is 12.0 Å². The van der Waals surface area contributed by atoms with Gasteiger partial charge in [0.2, 0.25) is 5.91 Å². The molecule has 1 rings (SSSR count). The van der Waals surface area contributed by atoms with Crippen molar-refractivity contribution in [2.75, 3.05) is 6.54 Å². The Hall–Kier alpha value is -2.16. The molecule has 110 valence electrons. The van der Waals surface area contributed by atoms with E-state index in [1.807, 2.05) is 12.3 Å². The number of nitrogens with two attached hydrogens (primary N) is 1. The first kappa shape index (κ1) is 15.9. The summed E-state index contributed by atoms with van der Waals surface area (Å²) >= 11 is 1.47. The summed E-state index contributed by atoms with van der Waals surface area (Å²) in [6.45, 7) is 2.19. The lowest BCUT2D eigenvalue weighted by Gasteiger charge is -2.15. The van der Waals surface area contributed by atoms with Gasteiger partial charge in [-0.25, -0.2) is 14.6 Å². The van der Waals surface area contributed by atoms with Gasteiger partial charge in [0.1, 0.15) is 6.04 Å². The molecule has 0 aromatic carbocycles. The number of nitrogens with one attached hydrogen (secondary N) is 2. The van der Waals surface area contributed by atoms with E-state index in [1.54, 1.807) is 6.20 Å². The quantitative estimate of drug-likeness (QED) is 0.556. The zero-order valence-corrected chi connectivity index (χ0v) is 11.6. The summed E-state index contributed by atoms with van der Waals surface area (Å²) in [7, 11) is 0. The monoisotopic (exact) mass is 300 g/mol. The van der Waals surface area contributed by atoms with E-state index in [9.17, 15) is 14.4 Å². The number of aromatic nitrogens is 1. The molecule has 5 N–H and O–H groups in total. The third-order valence-corrected chi connectivity index (χ3v) is 3.46. The van der Waals surface area contributed by atoms with E-state index in [0.717, 1.165) is 5.01 Å². The molecule has 3 amide bonds. The lowest BCUT2D eigenvalue weighted by Crippen LogP contribution is -2.48. The van der Waals surface area contributed by atoms with Crippen molar-refractivity contribution in [2.24, 2.45) is 5.73 Å². The molecule has 1 aromatic heterocycles. The van der Waals surface area contributed by atoms with Gasteiger partial charge in [-0.1, -0.05) is 6.92 Å². The molecule has 9 heteroatoms. The topological polar surface area (TPSA) is 134 Å². The van der Waals surface area contributed by atoms with Crippen molar-refractivity contribution in [3.63, 3.8) is 0 Å². The molecule has 0 saturated carbocycles. The smallest absolute Gasteiger partial charge is 0.326 e. The number of carboxylic acid groups (broad SMARTS) is 1. The summed E-state index contributed by atoms with van der Waals surface area (Å²) < 4.78 is 0. The van der Waals surface area contributed by atoms with Crippen LogP contribution in [0.1, 0.15) is 24.3 Å². The Morgan fingerprint density at radius 1 is 1.50 bits per heavy atom. The maximum absolute atomic E-state index is 11.6. The van der Waals surface area contributed by atoms with Crippen LogP contribution in [0.3, 0.4) is 0 Å². The van der Waals surface area contributed by atoms with Gasteiger partial charge in [0.05, 0.1) is 11.4 Å². The summed E-state index contributed by atoms with van der Waals surface area (Å²) in [5, 5.41) is 16.3. The molecule has 1 unspecified atom stereocenters. The fourth-order valence-electron chi connectivity index (χ4n) is 1.42. The molecule has 1 aromatic rings. The molecule has 0 bridgehead atoms. The van der Waals surface area contributed by atoms with E-state index in [4.69, 9.17) is 10.8 Å². The fourth-order valence-corrected chi connectivity index (χ4v) is 2.12. The number of hydrogen-bond donors (Lipinski definition) is 4. The van der Waals surface area contributed by atoms with Crippen molar-refractivity contribution in [1.82, 2.24) is 15.6 Å². The number of carboxylic acids is 1. The third-order valence-electron chi connectivity index (χ3n) is 2.45. The van der Waals surface area contributed by atoms with Crippen molar-refractivity contribution in [3.05, 3.63) is 16.6 Å². The summed E-state index contributed by atoms with van der Waals surface area (Å²) in [4.78, 5) is 37.2. The van der Waals surface area contributed by atoms with Crippen molar-refractivity contribution in [2.45, 2.75) is 25.3 Å². The Bertz CT molecular complexity index is 477. The fraction of sp³-hybridized carbons (Fsp3) is 0.455. The molecule has 0 aliphatic heterocycles. The Kier molecular flexibility index (Phi) is 5.91.